The highest BCUT2D eigenvalue weighted by molar-refractivity contribution is 5.85. The Labute approximate surface area is 147 Å². The van der Waals surface area contributed by atoms with Gasteiger partial charge in [0.25, 0.3) is 0 Å². The molecule has 0 aromatic heterocycles. The molecule has 0 saturated heterocycles. The quantitative estimate of drug-likeness (QED) is 0.935. The first-order valence-electron chi connectivity index (χ1n) is 8.67. The molecule has 130 valence electrons. The summed E-state index contributed by atoms with van der Waals surface area (Å²) in [6, 6.07) is 14.2. The average molecular weight is 338 g/mol. The van der Waals surface area contributed by atoms with Gasteiger partial charge >= 0.3 is 0 Å². The Morgan fingerprint density at radius 3 is 2.80 bits per heavy atom. The molecule has 0 aliphatic carbocycles. The summed E-state index contributed by atoms with van der Waals surface area (Å²) in [4.78, 5) is 14.2. The molecule has 2 N–H and O–H groups in total. The number of primary amides is 1. The lowest BCUT2D eigenvalue weighted by molar-refractivity contribution is -0.119. The van der Waals surface area contributed by atoms with Gasteiger partial charge in [-0.25, -0.2) is 0 Å². The third-order valence-electron chi connectivity index (χ3n) is 5.06. The fourth-order valence-electron chi connectivity index (χ4n) is 3.83. The first-order chi connectivity index (χ1) is 12.1. The molecule has 4 rings (SSSR count). The Kier molecular flexibility index (Phi) is 3.99. The number of fused-ring (bicyclic) bond motifs is 2. The van der Waals surface area contributed by atoms with Crippen molar-refractivity contribution in [1.82, 2.24) is 0 Å². The standard InChI is InChI=1S/C20H22N2O3/c1-13-11-16(20(21)23)15-6-2-3-7-17(15)22(13)12-14-5-4-8-18-19(14)25-10-9-24-18/h2-8,13,16H,9-12H2,1H3,(H2,21,23). The molecular weight excluding hydrogens is 316 g/mol. The Bertz CT molecular complexity index is 805. The van der Waals surface area contributed by atoms with Gasteiger partial charge in [-0.15, -0.1) is 0 Å². The minimum absolute atomic E-state index is 0.202. The van der Waals surface area contributed by atoms with E-state index in [1.165, 1.54) is 0 Å². The van der Waals surface area contributed by atoms with Gasteiger partial charge in [0.2, 0.25) is 5.91 Å². The van der Waals surface area contributed by atoms with E-state index in [0.29, 0.717) is 19.8 Å². The van der Waals surface area contributed by atoms with Gasteiger partial charge in [0.05, 0.1) is 5.92 Å². The summed E-state index contributed by atoms with van der Waals surface area (Å²) >= 11 is 0. The second-order valence-corrected chi connectivity index (χ2v) is 6.67. The molecular formula is C20H22N2O3. The molecule has 2 unspecified atom stereocenters. The number of rotatable bonds is 3. The summed E-state index contributed by atoms with van der Waals surface area (Å²) in [6.45, 7) is 3.99. The van der Waals surface area contributed by atoms with Crippen LogP contribution in [0, 0.1) is 0 Å². The Balaban J connectivity index is 1.71. The van der Waals surface area contributed by atoms with Crippen LogP contribution in [0.3, 0.4) is 0 Å². The Hall–Kier alpha value is -2.69. The molecule has 2 heterocycles. The highest BCUT2D eigenvalue weighted by atomic mass is 16.6. The largest absolute Gasteiger partial charge is 0.486 e. The number of nitrogens with two attached hydrogens (primary N) is 1. The minimum Gasteiger partial charge on any atom is -0.486 e. The number of hydrogen-bond donors (Lipinski definition) is 1. The van der Waals surface area contributed by atoms with Crippen LogP contribution in [0.1, 0.15) is 30.4 Å². The molecule has 0 fully saturated rings. The van der Waals surface area contributed by atoms with Gasteiger partial charge in [-0.1, -0.05) is 30.3 Å². The SMILES string of the molecule is CC1CC(C(N)=O)c2ccccc2N1Cc1cccc2c1OCCO2. The maximum atomic E-state index is 11.9. The summed E-state index contributed by atoms with van der Waals surface area (Å²) in [5, 5.41) is 0. The smallest absolute Gasteiger partial charge is 0.225 e. The summed E-state index contributed by atoms with van der Waals surface area (Å²) in [7, 11) is 0. The predicted molar refractivity (Wildman–Crippen MR) is 96.1 cm³/mol. The van der Waals surface area contributed by atoms with Crippen LogP contribution in [0.25, 0.3) is 0 Å². The van der Waals surface area contributed by atoms with Gasteiger partial charge in [0.15, 0.2) is 11.5 Å². The van der Waals surface area contributed by atoms with Crippen molar-refractivity contribution in [3.05, 3.63) is 53.6 Å². The highest BCUT2D eigenvalue weighted by Gasteiger charge is 2.33. The lowest BCUT2D eigenvalue weighted by Gasteiger charge is -2.40. The molecule has 0 bridgehead atoms. The summed E-state index contributed by atoms with van der Waals surface area (Å²) in [6.07, 6.45) is 0.721. The average Bonchev–Trinajstić information content (AvgIpc) is 2.63. The Morgan fingerprint density at radius 2 is 1.96 bits per heavy atom. The highest BCUT2D eigenvalue weighted by Crippen LogP contribution is 2.41. The van der Waals surface area contributed by atoms with E-state index >= 15 is 0 Å². The number of para-hydroxylation sites is 2. The predicted octanol–water partition coefficient (Wildman–Crippen LogP) is 2.83. The fraction of sp³-hybridized carbons (Fsp3) is 0.350. The molecule has 0 saturated carbocycles. The number of hydrogen-bond acceptors (Lipinski definition) is 4. The van der Waals surface area contributed by atoms with Gasteiger partial charge < -0.3 is 20.1 Å². The van der Waals surface area contributed by atoms with E-state index in [4.69, 9.17) is 15.2 Å². The van der Waals surface area contributed by atoms with Crippen LogP contribution in [0.4, 0.5) is 5.69 Å². The zero-order valence-electron chi connectivity index (χ0n) is 14.3. The molecule has 2 aromatic rings. The van der Waals surface area contributed by atoms with Gasteiger partial charge in [0.1, 0.15) is 13.2 Å². The molecule has 0 radical (unpaired) electrons. The molecule has 5 heteroatoms. The van der Waals surface area contributed by atoms with Crippen LogP contribution in [-0.4, -0.2) is 25.2 Å². The summed E-state index contributed by atoms with van der Waals surface area (Å²) in [5.41, 5.74) is 8.81. The van der Waals surface area contributed by atoms with Crippen molar-refractivity contribution in [2.45, 2.75) is 31.8 Å². The number of anilines is 1. The molecule has 2 aliphatic heterocycles. The van der Waals surface area contributed by atoms with E-state index in [-0.39, 0.29) is 17.9 Å². The van der Waals surface area contributed by atoms with Gasteiger partial charge in [-0.05, 0) is 31.0 Å². The van der Waals surface area contributed by atoms with Crippen LogP contribution < -0.4 is 20.1 Å². The van der Waals surface area contributed by atoms with E-state index in [0.717, 1.165) is 34.7 Å². The molecule has 2 aromatic carbocycles. The lowest BCUT2D eigenvalue weighted by atomic mass is 9.85. The van der Waals surface area contributed by atoms with E-state index < -0.39 is 0 Å². The van der Waals surface area contributed by atoms with Gasteiger partial charge in [-0.2, -0.15) is 0 Å². The topological polar surface area (TPSA) is 64.8 Å². The van der Waals surface area contributed by atoms with E-state index in [2.05, 4.69) is 24.0 Å². The normalized spacial score (nSPS) is 21.6. The zero-order chi connectivity index (χ0) is 17.4. The molecule has 1 amide bonds. The number of amides is 1. The maximum Gasteiger partial charge on any atom is 0.225 e. The third-order valence-corrected chi connectivity index (χ3v) is 5.06. The first-order valence-corrected chi connectivity index (χ1v) is 8.67. The van der Waals surface area contributed by atoms with Crippen molar-refractivity contribution in [3.8, 4) is 11.5 Å². The lowest BCUT2D eigenvalue weighted by Crippen LogP contribution is -2.41. The number of ether oxygens (including phenoxy) is 2. The van der Waals surface area contributed by atoms with Gasteiger partial charge in [0, 0.05) is 23.8 Å². The van der Waals surface area contributed by atoms with E-state index in [1.807, 2.05) is 30.3 Å². The van der Waals surface area contributed by atoms with Crippen molar-refractivity contribution < 1.29 is 14.3 Å². The van der Waals surface area contributed by atoms with Crippen molar-refractivity contribution in [1.29, 1.82) is 0 Å². The zero-order valence-corrected chi connectivity index (χ0v) is 14.3. The number of carbonyl (C=O) groups is 1. The first kappa shape index (κ1) is 15.8. The summed E-state index contributed by atoms with van der Waals surface area (Å²) in [5.74, 6) is 1.15. The van der Waals surface area contributed by atoms with Crippen LogP contribution in [0.5, 0.6) is 11.5 Å². The van der Waals surface area contributed by atoms with Crippen molar-refractivity contribution in [3.63, 3.8) is 0 Å². The molecule has 25 heavy (non-hydrogen) atoms. The third kappa shape index (κ3) is 2.80. The number of carbonyl (C=O) groups excluding carboxylic acids is 1. The molecule has 5 nitrogen and oxygen atoms in total. The van der Waals surface area contributed by atoms with Crippen LogP contribution in [0.2, 0.25) is 0 Å². The second kappa shape index (κ2) is 6.31. The number of benzene rings is 2. The van der Waals surface area contributed by atoms with Crippen molar-refractivity contribution in [2.24, 2.45) is 5.73 Å². The van der Waals surface area contributed by atoms with Crippen LogP contribution in [0.15, 0.2) is 42.5 Å². The van der Waals surface area contributed by atoms with E-state index in [1.54, 1.807) is 0 Å². The number of nitrogens with zero attached hydrogens (tertiary/aromatic N) is 1. The second-order valence-electron chi connectivity index (χ2n) is 6.67. The van der Waals surface area contributed by atoms with E-state index in [9.17, 15) is 4.79 Å². The molecule has 2 aliphatic rings. The van der Waals surface area contributed by atoms with Crippen LogP contribution in [-0.2, 0) is 11.3 Å². The fourth-order valence-corrected chi connectivity index (χ4v) is 3.83. The monoisotopic (exact) mass is 338 g/mol. The van der Waals surface area contributed by atoms with Crippen molar-refractivity contribution >= 4 is 11.6 Å². The minimum atomic E-state index is -0.257. The molecule has 0 spiro atoms. The Morgan fingerprint density at radius 1 is 1.16 bits per heavy atom. The van der Waals surface area contributed by atoms with Gasteiger partial charge in [-0.3, -0.25) is 4.79 Å². The molecule has 2 atom stereocenters. The van der Waals surface area contributed by atoms with Crippen molar-refractivity contribution in [2.75, 3.05) is 18.1 Å². The summed E-state index contributed by atoms with van der Waals surface area (Å²) < 4.78 is 11.5. The van der Waals surface area contributed by atoms with Crippen LogP contribution >= 0.6 is 0 Å². The maximum absolute atomic E-state index is 11.9.